The van der Waals surface area contributed by atoms with Crippen LogP contribution in [0.4, 0.5) is 0 Å². The minimum Gasteiger partial charge on any atom is -1.00 e. The molecule has 5 heteroatoms. The van der Waals surface area contributed by atoms with E-state index in [1.165, 1.54) is 0 Å². The summed E-state index contributed by atoms with van der Waals surface area (Å²) < 4.78 is 1.61. The molecule has 1 aromatic heterocycles. The van der Waals surface area contributed by atoms with Crippen molar-refractivity contribution >= 4 is 17.0 Å². The van der Waals surface area contributed by atoms with Crippen molar-refractivity contribution in [3.63, 3.8) is 0 Å². The van der Waals surface area contributed by atoms with E-state index in [2.05, 4.69) is 4.98 Å². The first kappa shape index (κ1) is 10.5. The topological polar surface area (TPSA) is 55.1 Å². The van der Waals surface area contributed by atoms with Crippen molar-refractivity contribution in [3.8, 4) is 0 Å². The average molecular weight is 212 g/mol. The molecule has 0 saturated carbocycles. The van der Waals surface area contributed by atoms with Crippen LogP contribution in [0, 0.1) is 0 Å². The fourth-order valence-electron chi connectivity index (χ4n) is 1.28. The van der Waals surface area contributed by atoms with Crippen LogP contribution in [0.15, 0.2) is 30.6 Å². The molecule has 0 fully saturated rings. The molecular weight excluding hydrogens is 204 g/mol. The van der Waals surface area contributed by atoms with E-state index in [0.717, 1.165) is 11.0 Å². The molecule has 2 aromatic rings. The molecular formula is C9H8ClN2O2-. The lowest BCUT2D eigenvalue weighted by Crippen LogP contribution is -3.00. The Bertz CT molecular complexity index is 453. The fourth-order valence-corrected chi connectivity index (χ4v) is 1.28. The molecule has 0 unspecified atom stereocenters. The number of hydrogen-bond donors (Lipinski definition) is 1. The third kappa shape index (κ3) is 1.85. The van der Waals surface area contributed by atoms with E-state index in [1.54, 1.807) is 10.9 Å². The van der Waals surface area contributed by atoms with E-state index >= 15 is 0 Å². The first-order chi connectivity index (χ1) is 6.27. The Kier molecular flexibility index (Phi) is 3.09. The van der Waals surface area contributed by atoms with Crippen LogP contribution in [0.25, 0.3) is 11.0 Å². The Morgan fingerprint density at radius 3 is 2.86 bits per heavy atom. The Balaban J connectivity index is 0.000000980. The maximum absolute atomic E-state index is 10.5. The normalized spacial score (nSPS) is 9.71. The maximum atomic E-state index is 10.5. The van der Waals surface area contributed by atoms with E-state index < -0.39 is 5.97 Å². The summed E-state index contributed by atoms with van der Waals surface area (Å²) in [5, 5.41) is 8.60. The molecule has 0 amide bonds. The van der Waals surface area contributed by atoms with Gasteiger partial charge in [-0.2, -0.15) is 0 Å². The molecule has 0 spiro atoms. The Hall–Kier alpha value is -1.55. The van der Waals surface area contributed by atoms with Gasteiger partial charge >= 0.3 is 5.97 Å². The third-order valence-corrected chi connectivity index (χ3v) is 1.83. The van der Waals surface area contributed by atoms with Crippen LogP contribution in [-0.4, -0.2) is 20.6 Å². The molecule has 2 rings (SSSR count). The van der Waals surface area contributed by atoms with Crippen molar-refractivity contribution in [2.75, 3.05) is 0 Å². The van der Waals surface area contributed by atoms with Crippen LogP contribution in [0.2, 0.25) is 0 Å². The summed E-state index contributed by atoms with van der Waals surface area (Å²) in [5.74, 6) is -0.858. The molecule has 1 heterocycles. The van der Waals surface area contributed by atoms with Crippen LogP contribution in [0.5, 0.6) is 0 Å². The monoisotopic (exact) mass is 211 g/mol. The fraction of sp³-hybridized carbons (Fsp3) is 0.111. The number of aromatic nitrogens is 2. The van der Waals surface area contributed by atoms with Gasteiger partial charge in [0, 0.05) is 0 Å². The standard InChI is InChI=1S/C9H8N2O2.ClH/c12-9(13)5-11-6-10-7-3-1-2-4-8(7)11;/h1-4,6H,5H2,(H,12,13);1H/p-1. The highest BCUT2D eigenvalue weighted by Gasteiger charge is 2.03. The molecule has 14 heavy (non-hydrogen) atoms. The predicted octanol–water partition coefficient (Wildman–Crippen LogP) is -1.88. The van der Waals surface area contributed by atoms with Crippen LogP contribution >= 0.6 is 0 Å². The molecule has 0 radical (unpaired) electrons. The lowest BCUT2D eigenvalue weighted by atomic mass is 10.3. The number of hydrogen-bond acceptors (Lipinski definition) is 2. The van der Waals surface area contributed by atoms with Gasteiger partial charge in [0.05, 0.1) is 17.4 Å². The number of carbonyl (C=O) groups is 1. The summed E-state index contributed by atoms with van der Waals surface area (Å²) in [6.45, 7) is -0.0412. The highest BCUT2D eigenvalue weighted by molar-refractivity contribution is 5.77. The zero-order valence-corrected chi connectivity index (χ0v) is 7.98. The lowest BCUT2D eigenvalue weighted by molar-refractivity contribution is -0.137. The van der Waals surface area contributed by atoms with E-state index in [1.807, 2.05) is 24.3 Å². The Morgan fingerprint density at radius 2 is 2.14 bits per heavy atom. The quantitative estimate of drug-likeness (QED) is 0.633. The summed E-state index contributed by atoms with van der Waals surface area (Å²) >= 11 is 0. The number of halogens is 1. The Morgan fingerprint density at radius 1 is 1.43 bits per heavy atom. The van der Waals surface area contributed by atoms with Gasteiger partial charge in [0.25, 0.3) is 0 Å². The number of nitrogens with zero attached hydrogens (tertiary/aromatic N) is 2. The number of carboxylic acid groups (broad SMARTS) is 1. The lowest BCUT2D eigenvalue weighted by Gasteiger charge is -1.97. The summed E-state index contributed by atoms with van der Waals surface area (Å²) in [5.41, 5.74) is 1.67. The second-order valence-electron chi connectivity index (χ2n) is 2.75. The minimum atomic E-state index is -0.858. The van der Waals surface area contributed by atoms with Gasteiger partial charge < -0.3 is 22.1 Å². The van der Waals surface area contributed by atoms with Gasteiger partial charge in [0.2, 0.25) is 0 Å². The van der Waals surface area contributed by atoms with E-state index in [-0.39, 0.29) is 19.0 Å². The first-order valence-electron chi connectivity index (χ1n) is 3.89. The van der Waals surface area contributed by atoms with E-state index in [9.17, 15) is 4.79 Å². The van der Waals surface area contributed by atoms with Crippen LogP contribution in [0.3, 0.4) is 0 Å². The Labute approximate surface area is 86.6 Å². The number of imidazole rings is 1. The van der Waals surface area contributed by atoms with Crippen LogP contribution in [0.1, 0.15) is 0 Å². The largest absolute Gasteiger partial charge is 1.00 e. The third-order valence-electron chi connectivity index (χ3n) is 1.83. The summed E-state index contributed by atoms with van der Waals surface area (Å²) in [6, 6.07) is 7.45. The summed E-state index contributed by atoms with van der Waals surface area (Å²) in [7, 11) is 0. The second-order valence-corrected chi connectivity index (χ2v) is 2.75. The molecule has 0 bridgehead atoms. The molecule has 0 aliphatic rings. The van der Waals surface area contributed by atoms with Crippen molar-refractivity contribution in [1.82, 2.24) is 9.55 Å². The molecule has 0 saturated heterocycles. The van der Waals surface area contributed by atoms with Crippen molar-refractivity contribution in [2.45, 2.75) is 6.54 Å². The first-order valence-corrected chi connectivity index (χ1v) is 3.89. The minimum absolute atomic E-state index is 0. The van der Waals surface area contributed by atoms with E-state index in [4.69, 9.17) is 5.11 Å². The van der Waals surface area contributed by atoms with Gasteiger partial charge in [-0.3, -0.25) is 4.79 Å². The molecule has 1 N–H and O–H groups in total. The average Bonchev–Trinajstić information content (AvgIpc) is 2.48. The van der Waals surface area contributed by atoms with Crippen molar-refractivity contribution < 1.29 is 22.3 Å². The zero-order valence-electron chi connectivity index (χ0n) is 7.22. The van der Waals surface area contributed by atoms with Gasteiger partial charge in [-0.15, -0.1) is 0 Å². The van der Waals surface area contributed by atoms with Crippen molar-refractivity contribution in [3.05, 3.63) is 30.6 Å². The SMILES string of the molecule is O=C(O)Cn1cnc2ccccc21.[Cl-]. The summed E-state index contributed by atoms with van der Waals surface area (Å²) in [6.07, 6.45) is 1.54. The number of aliphatic carboxylic acids is 1. The van der Waals surface area contributed by atoms with E-state index in [0.29, 0.717) is 0 Å². The predicted molar refractivity (Wildman–Crippen MR) is 47.4 cm³/mol. The van der Waals surface area contributed by atoms with Gasteiger partial charge in [0.1, 0.15) is 6.54 Å². The highest BCUT2D eigenvalue weighted by Crippen LogP contribution is 2.10. The maximum Gasteiger partial charge on any atom is 0.323 e. The van der Waals surface area contributed by atoms with Crippen molar-refractivity contribution in [2.24, 2.45) is 0 Å². The number of carboxylic acids is 1. The van der Waals surface area contributed by atoms with Gasteiger partial charge in [0.15, 0.2) is 0 Å². The van der Waals surface area contributed by atoms with Crippen LogP contribution < -0.4 is 12.4 Å². The smallest absolute Gasteiger partial charge is 0.323 e. The number of fused-ring (bicyclic) bond motifs is 1. The number of benzene rings is 1. The number of para-hydroxylation sites is 2. The zero-order chi connectivity index (χ0) is 9.26. The molecule has 0 aliphatic heterocycles. The second kappa shape index (κ2) is 4.11. The van der Waals surface area contributed by atoms with Gasteiger partial charge in [-0.05, 0) is 12.1 Å². The van der Waals surface area contributed by atoms with Gasteiger partial charge in [-0.25, -0.2) is 4.98 Å². The van der Waals surface area contributed by atoms with Crippen molar-refractivity contribution in [1.29, 1.82) is 0 Å². The summed E-state index contributed by atoms with van der Waals surface area (Å²) in [4.78, 5) is 14.5. The van der Waals surface area contributed by atoms with Crippen LogP contribution in [-0.2, 0) is 11.3 Å². The molecule has 4 nitrogen and oxygen atoms in total. The van der Waals surface area contributed by atoms with Gasteiger partial charge in [-0.1, -0.05) is 12.1 Å². The molecule has 1 aromatic carbocycles. The number of rotatable bonds is 2. The molecule has 0 aliphatic carbocycles. The molecule has 74 valence electrons. The molecule has 0 atom stereocenters. The highest BCUT2D eigenvalue weighted by atomic mass is 35.5.